The zero-order chi connectivity index (χ0) is 13.2. The Hall–Kier alpha value is -1.15. The zero-order valence-corrected chi connectivity index (χ0v) is 11.7. The molecule has 0 atom stereocenters. The first-order valence-corrected chi connectivity index (χ1v) is 7.44. The molecule has 0 spiro atoms. The fourth-order valence-electron chi connectivity index (χ4n) is 1.51. The summed E-state index contributed by atoms with van der Waals surface area (Å²) in [5.74, 6) is 0.701. The maximum Gasteiger partial charge on any atom is 0.149 e. The maximum absolute atomic E-state index is 11.0. The lowest BCUT2D eigenvalue weighted by molar-refractivity contribution is 0.602. The van der Waals surface area contributed by atoms with Crippen molar-refractivity contribution < 1.29 is 8.42 Å². The Bertz CT molecular complexity index is 533. The molecule has 0 aliphatic heterocycles. The van der Waals surface area contributed by atoms with Crippen LogP contribution in [0.2, 0.25) is 0 Å². The number of sulfone groups is 1. The molecular formula is C9H16N4O2S2. The SMILES string of the molecule is Cc1nn(C)c(NCCS(C)(=O)=O)c1C(N)=S. The lowest BCUT2D eigenvalue weighted by Crippen LogP contribution is -2.19. The molecule has 96 valence electrons. The fraction of sp³-hybridized carbons (Fsp3) is 0.556. The predicted octanol–water partition coefficient (Wildman–Crippen LogP) is -0.181. The van der Waals surface area contributed by atoms with Crippen molar-refractivity contribution in [1.29, 1.82) is 0 Å². The molecule has 3 N–H and O–H groups in total. The minimum atomic E-state index is -2.99. The Kier molecular flexibility index (Phi) is 4.10. The molecule has 8 heteroatoms. The third-order valence-electron chi connectivity index (χ3n) is 2.23. The summed E-state index contributed by atoms with van der Waals surface area (Å²) in [5.41, 5.74) is 6.99. The molecule has 0 aromatic carbocycles. The van der Waals surface area contributed by atoms with Crippen LogP contribution in [-0.2, 0) is 16.9 Å². The summed E-state index contributed by atoms with van der Waals surface area (Å²) in [5, 5.41) is 7.18. The highest BCUT2D eigenvalue weighted by Crippen LogP contribution is 2.18. The molecule has 1 aromatic heterocycles. The highest BCUT2D eigenvalue weighted by atomic mass is 32.2. The third kappa shape index (κ3) is 3.67. The number of hydrogen-bond donors (Lipinski definition) is 2. The van der Waals surface area contributed by atoms with Crippen molar-refractivity contribution in [2.75, 3.05) is 23.9 Å². The van der Waals surface area contributed by atoms with Gasteiger partial charge in [-0.2, -0.15) is 5.10 Å². The van der Waals surface area contributed by atoms with Gasteiger partial charge in [0.25, 0.3) is 0 Å². The van der Waals surface area contributed by atoms with Gasteiger partial charge in [0.2, 0.25) is 0 Å². The number of nitrogens with one attached hydrogen (secondary N) is 1. The summed E-state index contributed by atoms with van der Waals surface area (Å²) >= 11 is 4.94. The molecule has 0 amide bonds. The van der Waals surface area contributed by atoms with Gasteiger partial charge in [-0.1, -0.05) is 12.2 Å². The predicted molar refractivity (Wildman–Crippen MR) is 72.0 cm³/mol. The molecule has 0 unspecified atom stereocenters. The van der Waals surface area contributed by atoms with Gasteiger partial charge in [-0.05, 0) is 6.92 Å². The van der Waals surface area contributed by atoms with Gasteiger partial charge in [0.05, 0.1) is 17.0 Å². The van der Waals surface area contributed by atoms with E-state index in [1.165, 1.54) is 6.26 Å². The standard InChI is InChI=1S/C9H16N4O2S2/c1-6-7(8(10)16)9(13(2)12-6)11-4-5-17(3,14)15/h11H,4-5H2,1-3H3,(H2,10,16). The fourth-order valence-corrected chi connectivity index (χ4v) is 2.23. The lowest BCUT2D eigenvalue weighted by atomic mass is 10.2. The quantitative estimate of drug-likeness (QED) is 0.725. The van der Waals surface area contributed by atoms with Gasteiger partial charge in [-0.3, -0.25) is 4.68 Å². The Morgan fingerprint density at radius 1 is 1.59 bits per heavy atom. The van der Waals surface area contributed by atoms with Crippen LogP contribution in [0.5, 0.6) is 0 Å². The number of rotatable bonds is 5. The number of aryl methyl sites for hydroxylation is 2. The Morgan fingerprint density at radius 3 is 2.65 bits per heavy atom. The smallest absolute Gasteiger partial charge is 0.149 e. The lowest BCUT2D eigenvalue weighted by Gasteiger charge is -2.08. The highest BCUT2D eigenvalue weighted by molar-refractivity contribution is 7.90. The van der Waals surface area contributed by atoms with Gasteiger partial charge < -0.3 is 11.1 Å². The van der Waals surface area contributed by atoms with E-state index in [1.807, 2.05) is 0 Å². The van der Waals surface area contributed by atoms with E-state index in [2.05, 4.69) is 10.4 Å². The van der Waals surface area contributed by atoms with E-state index in [-0.39, 0.29) is 10.7 Å². The topological polar surface area (TPSA) is 90.0 Å². The van der Waals surface area contributed by atoms with Crippen LogP contribution < -0.4 is 11.1 Å². The summed E-state index contributed by atoms with van der Waals surface area (Å²) in [4.78, 5) is 0.248. The van der Waals surface area contributed by atoms with Crippen LogP contribution in [0.4, 0.5) is 5.82 Å². The van der Waals surface area contributed by atoms with E-state index in [9.17, 15) is 8.42 Å². The molecule has 6 nitrogen and oxygen atoms in total. The molecule has 17 heavy (non-hydrogen) atoms. The molecule has 0 saturated heterocycles. The molecule has 1 aromatic rings. The van der Waals surface area contributed by atoms with Crippen molar-refractivity contribution in [2.45, 2.75) is 6.92 Å². The van der Waals surface area contributed by atoms with Crippen molar-refractivity contribution in [2.24, 2.45) is 12.8 Å². The van der Waals surface area contributed by atoms with Crippen LogP contribution in [0.3, 0.4) is 0 Å². The Balaban J connectivity index is 2.87. The number of nitrogens with two attached hydrogens (primary N) is 1. The largest absolute Gasteiger partial charge is 0.389 e. The molecule has 1 rings (SSSR count). The number of aromatic nitrogens is 2. The van der Waals surface area contributed by atoms with E-state index in [0.29, 0.717) is 17.9 Å². The summed E-state index contributed by atoms with van der Waals surface area (Å²) in [7, 11) is -1.24. The second-order valence-corrected chi connectivity index (χ2v) is 6.55. The van der Waals surface area contributed by atoms with E-state index in [0.717, 1.165) is 5.69 Å². The summed E-state index contributed by atoms with van der Waals surface area (Å²) in [6.45, 7) is 2.10. The normalized spacial score (nSPS) is 11.5. The summed E-state index contributed by atoms with van der Waals surface area (Å²) in [6, 6.07) is 0. The maximum atomic E-state index is 11.0. The molecule has 0 fully saturated rings. The van der Waals surface area contributed by atoms with Crippen molar-refractivity contribution in [3.8, 4) is 0 Å². The monoisotopic (exact) mass is 276 g/mol. The molecule has 0 radical (unpaired) electrons. The molecule has 0 aliphatic carbocycles. The average Bonchev–Trinajstić information content (AvgIpc) is 2.39. The van der Waals surface area contributed by atoms with E-state index in [4.69, 9.17) is 18.0 Å². The minimum absolute atomic E-state index is 0.0496. The van der Waals surface area contributed by atoms with Gasteiger partial charge in [0.15, 0.2) is 0 Å². The van der Waals surface area contributed by atoms with E-state index < -0.39 is 9.84 Å². The van der Waals surface area contributed by atoms with Gasteiger partial charge in [-0.15, -0.1) is 0 Å². The van der Waals surface area contributed by atoms with Crippen molar-refractivity contribution >= 4 is 32.9 Å². The summed E-state index contributed by atoms with van der Waals surface area (Å²) < 4.78 is 23.6. The Labute approximate surface area is 106 Å². The molecule has 0 aliphatic rings. The van der Waals surface area contributed by atoms with Crippen LogP contribution in [0.25, 0.3) is 0 Å². The first-order valence-electron chi connectivity index (χ1n) is 4.97. The second kappa shape index (κ2) is 5.01. The van der Waals surface area contributed by atoms with Crippen LogP contribution in [0.15, 0.2) is 0 Å². The Morgan fingerprint density at radius 2 is 2.18 bits per heavy atom. The molecular weight excluding hydrogens is 260 g/mol. The van der Waals surface area contributed by atoms with Crippen LogP contribution in [0.1, 0.15) is 11.3 Å². The van der Waals surface area contributed by atoms with Crippen LogP contribution >= 0.6 is 12.2 Å². The zero-order valence-electron chi connectivity index (χ0n) is 10.0. The third-order valence-corrected chi connectivity index (χ3v) is 3.38. The number of hydrogen-bond acceptors (Lipinski definition) is 5. The molecule has 0 saturated carbocycles. The van der Waals surface area contributed by atoms with Gasteiger partial charge in [-0.25, -0.2) is 8.42 Å². The second-order valence-electron chi connectivity index (χ2n) is 3.85. The van der Waals surface area contributed by atoms with Gasteiger partial charge in [0, 0.05) is 19.8 Å². The van der Waals surface area contributed by atoms with E-state index >= 15 is 0 Å². The number of thiocarbonyl (C=S) groups is 1. The highest BCUT2D eigenvalue weighted by Gasteiger charge is 2.15. The van der Waals surface area contributed by atoms with Gasteiger partial charge in [0.1, 0.15) is 20.6 Å². The number of anilines is 1. The molecule has 0 bridgehead atoms. The summed E-state index contributed by atoms with van der Waals surface area (Å²) in [6.07, 6.45) is 1.19. The first-order chi connectivity index (χ1) is 7.72. The van der Waals surface area contributed by atoms with Crippen molar-refractivity contribution in [3.05, 3.63) is 11.3 Å². The number of nitrogens with zero attached hydrogens (tertiary/aromatic N) is 2. The van der Waals surface area contributed by atoms with Crippen molar-refractivity contribution in [3.63, 3.8) is 0 Å². The average molecular weight is 276 g/mol. The van der Waals surface area contributed by atoms with Crippen LogP contribution in [0, 0.1) is 6.92 Å². The first kappa shape index (κ1) is 13.9. The van der Waals surface area contributed by atoms with E-state index in [1.54, 1.807) is 18.7 Å². The van der Waals surface area contributed by atoms with Gasteiger partial charge >= 0.3 is 0 Å². The van der Waals surface area contributed by atoms with Crippen LogP contribution in [-0.4, -0.2) is 41.7 Å². The minimum Gasteiger partial charge on any atom is -0.389 e. The molecule has 1 heterocycles. The van der Waals surface area contributed by atoms with Crippen molar-refractivity contribution in [1.82, 2.24) is 9.78 Å².